The van der Waals surface area contributed by atoms with Crippen LogP contribution in [0.25, 0.3) is 0 Å². The highest BCUT2D eigenvalue weighted by molar-refractivity contribution is 7.99. The van der Waals surface area contributed by atoms with E-state index in [0.29, 0.717) is 22.9 Å². The molecule has 1 N–H and O–H groups in total. The smallest absolute Gasteiger partial charge is 0.330 e. The fraction of sp³-hybridized carbons (Fsp3) is 0.316. The second kappa shape index (κ2) is 8.83. The van der Waals surface area contributed by atoms with Crippen LogP contribution in [0.15, 0.2) is 47.1 Å². The van der Waals surface area contributed by atoms with E-state index in [1.54, 1.807) is 36.4 Å². The molecule has 28 heavy (non-hydrogen) atoms. The summed E-state index contributed by atoms with van der Waals surface area (Å²) in [4.78, 5) is 38.0. The monoisotopic (exact) mass is 404 g/mol. The minimum atomic E-state index is -0.776. The molecule has 0 aliphatic carbocycles. The van der Waals surface area contributed by atoms with Gasteiger partial charge in [0.1, 0.15) is 22.9 Å². The lowest BCUT2D eigenvalue weighted by Gasteiger charge is -2.25. The number of esters is 1. The van der Waals surface area contributed by atoms with Gasteiger partial charge in [-0.1, -0.05) is 6.07 Å². The largest absolute Gasteiger partial charge is 0.497 e. The summed E-state index contributed by atoms with van der Waals surface area (Å²) >= 11 is 1.41. The summed E-state index contributed by atoms with van der Waals surface area (Å²) in [5.74, 6) is 0.169. The van der Waals surface area contributed by atoms with E-state index in [4.69, 9.17) is 13.9 Å². The zero-order valence-electron chi connectivity index (χ0n) is 15.4. The summed E-state index contributed by atoms with van der Waals surface area (Å²) in [6, 6.07) is 9.53. The first-order chi connectivity index (χ1) is 13.5. The number of hydrogen-bond acceptors (Lipinski definition) is 7. The van der Waals surface area contributed by atoms with Gasteiger partial charge in [0, 0.05) is 24.4 Å². The standard InChI is InChI=1S/C19H20N2O6S/c1-12(22)21-15(11-28-18(21)16-7-4-8-26-16)19(24)27-10-17(23)20-13-5-3-6-14(9-13)25-2/h3-9,15,18H,10-11H2,1-2H3,(H,20,23)/t15-,18+/m1/s1. The predicted molar refractivity (Wildman–Crippen MR) is 103 cm³/mol. The number of nitrogens with zero attached hydrogens (tertiary/aromatic N) is 1. The quantitative estimate of drug-likeness (QED) is 0.739. The number of carbonyl (C=O) groups is 3. The van der Waals surface area contributed by atoms with E-state index in [-0.39, 0.29) is 5.91 Å². The maximum atomic E-state index is 12.5. The van der Waals surface area contributed by atoms with Gasteiger partial charge in [0.2, 0.25) is 5.91 Å². The van der Waals surface area contributed by atoms with Gasteiger partial charge in [0.05, 0.1) is 13.4 Å². The molecule has 148 valence electrons. The van der Waals surface area contributed by atoms with Gasteiger partial charge < -0.3 is 24.1 Å². The van der Waals surface area contributed by atoms with E-state index in [1.807, 2.05) is 0 Å². The van der Waals surface area contributed by atoms with Crippen molar-refractivity contribution in [3.8, 4) is 5.75 Å². The van der Waals surface area contributed by atoms with Crippen molar-refractivity contribution in [1.82, 2.24) is 4.90 Å². The van der Waals surface area contributed by atoms with Crippen LogP contribution >= 0.6 is 11.8 Å². The van der Waals surface area contributed by atoms with Gasteiger partial charge in [-0.15, -0.1) is 11.8 Å². The lowest BCUT2D eigenvalue weighted by Crippen LogP contribution is -2.43. The van der Waals surface area contributed by atoms with Gasteiger partial charge in [-0.25, -0.2) is 4.79 Å². The summed E-state index contributed by atoms with van der Waals surface area (Å²) in [5.41, 5.74) is 0.528. The van der Waals surface area contributed by atoms with E-state index in [2.05, 4.69) is 5.32 Å². The highest BCUT2D eigenvalue weighted by Crippen LogP contribution is 2.41. The molecule has 1 fully saturated rings. The Morgan fingerprint density at radius 1 is 1.29 bits per heavy atom. The molecule has 2 atom stereocenters. The maximum absolute atomic E-state index is 12.5. The minimum absolute atomic E-state index is 0.269. The van der Waals surface area contributed by atoms with Crippen molar-refractivity contribution < 1.29 is 28.3 Å². The minimum Gasteiger partial charge on any atom is -0.497 e. The molecule has 1 aliphatic heterocycles. The van der Waals surface area contributed by atoms with E-state index < -0.39 is 29.9 Å². The number of amides is 2. The van der Waals surface area contributed by atoms with Gasteiger partial charge in [0.25, 0.3) is 5.91 Å². The molecule has 0 radical (unpaired) electrons. The second-order valence-corrected chi connectivity index (χ2v) is 7.14. The molecule has 1 saturated heterocycles. The normalized spacial score (nSPS) is 18.6. The summed E-state index contributed by atoms with van der Waals surface area (Å²) in [7, 11) is 1.53. The third-order valence-corrected chi connectivity index (χ3v) is 5.41. The molecule has 0 spiro atoms. The summed E-state index contributed by atoms with van der Waals surface area (Å²) < 4.78 is 15.6. The average molecular weight is 404 g/mol. The lowest BCUT2D eigenvalue weighted by molar-refractivity contribution is -0.155. The Balaban J connectivity index is 1.57. The van der Waals surface area contributed by atoms with Crippen LogP contribution < -0.4 is 10.1 Å². The van der Waals surface area contributed by atoms with Gasteiger partial charge in [-0.3, -0.25) is 9.59 Å². The maximum Gasteiger partial charge on any atom is 0.330 e. The van der Waals surface area contributed by atoms with Crippen LogP contribution in [0.4, 0.5) is 5.69 Å². The van der Waals surface area contributed by atoms with E-state index in [0.717, 1.165) is 0 Å². The van der Waals surface area contributed by atoms with Crippen LogP contribution in [-0.2, 0) is 19.1 Å². The highest BCUT2D eigenvalue weighted by Gasteiger charge is 2.43. The SMILES string of the molecule is COc1cccc(NC(=O)COC(=O)[C@H]2CS[C@@H](c3ccco3)N2C(C)=O)c1. The van der Waals surface area contributed by atoms with Crippen LogP contribution in [0.3, 0.4) is 0 Å². The first kappa shape index (κ1) is 19.8. The molecule has 9 heteroatoms. The molecular formula is C19H20N2O6S. The molecule has 1 aromatic carbocycles. The van der Waals surface area contributed by atoms with Crippen LogP contribution in [0, 0.1) is 0 Å². The van der Waals surface area contributed by atoms with Crippen molar-refractivity contribution in [2.75, 3.05) is 24.8 Å². The molecule has 0 saturated carbocycles. The number of methoxy groups -OCH3 is 1. The van der Waals surface area contributed by atoms with Crippen molar-refractivity contribution in [1.29, 1.82) is 0 Å². The van der Waals surface area contributed by atoms with Crippen LogP contribution in [-0.4, -0.2) is 48.2 Å². The second-order valence-electron chi connectivity index (χ2n) is 6.03. The molecule has 3 rings (SSSR count). The summed E-state index contributed by atoms with van der Waals surface area (Å²) in [6.45, 7) is 0.936. The van der Waals surface area contributed by atoms with Crippen molar-refractivity contribution in [3.05, 3.63) is 48.4 Å². The zero-order valence-corrected chi connectivity index (χ0v) is 16.2. The van der Waals surface area contributed by atoms with Crippen molar-refractivity contribution in [2.45, 2.75) is 18.3 Å². The number of furan rings is 1. The average Bonchev–Trinajstić information content (AvgIpc) is 3.35. The number of hydrogen-bond donors (Lipinski definition) is 1. The first-order valence-electron chi connectivity index (χ1n) is 8.54. The summed E-state index contributed by atoms with van der Waals surface area (Å²) in [6.07, 6.45) is 1.52. The molecule has 2 heterocycles. The molecule has 8 nitrogen and oxygen atoms in total. The lowest BCUT2D eigenvalue weighted by atomic mass is 10.2. The first-order valence-corrected chi connectivity index (χ1v) is 9.59. The van der Waals surface area contributed by atoms with E-state index >= 15 is 0 Å². The number of thioether (sulfide) groups is 1. The van der Waals surface area contributed by atoms with Gasteiger partial charge >= 0.3 is 5.97 Å². The van der Waals surface area contributed by atoms with Gasteiger partial charge in [-0.2, -0.15) is 0 Å². The molecule has 0 unspecified atom stereocenters. The highest BCUT2D eigenvalue weighted by atomic mass is 32.2. The number of rotatable bonds is 6. The number of carbonyl (C=O) groups excluding carboxylic acids is 3. The molecule has 0 bridgehead atoms. The Morgan fingerprint density at radius 3 is 2.79 bits per heavy atom. The van der Waals surface area contributed by atoms with Crippen LogP contribution in [0.5, 0.6) is 5.75 Å². The number of benzene rings is 1. The van der Waals surface area contributed by atoms with E-state index in [9.17, 15) is 14.4 Å². The Hall–Kier alpha value is -2.94. The molecule has 1 aliphatic rings. The Labute approximate surface area is 166 Å². The predicted octanol–water partition coefficient (Wildman–Crippen LogP) is 2.43. The Kier molecular flexibility index (Phi) is 6.25. The third-order valence-electron chi connectivity index (χ3n) is 4.12. The third kappa shape index (κ3) is 4.48. The van der Waals surface area contributed by atoms with Crippen LogP contribution in [0.2, 0.25) is 0 Å². The van der Waals surface area contributed by atoms with Crippen molar-refractivity contribution in [3.63, 3.8) is 0 Å². The molecular weight excluding hydrogens is 384 g/mol. The topological polar surface area (TPSA) is 98.1 Å². The van der Waals surface area contributed by atoms with Gasteiger partial charge in [-0.05, 0) is 24.3 Å². The van der Waals surface area contributed by atoms with Crippen molar-refractivity contribution in [2.24, 2.45) is 0 Å². The zero-order chi connectivity index (χ0) is 20.1. The Morgan fingerprint density at radius 2 is 2.11 bits per heavy atom. The number of ether oxygens (including phenoxy) is 2. The van der Waals surface area contributed by atoms with E-state index in [1.165, 1.54) is 37.0 Å². The molecule has 1 aromatic heterocycles. The number of nitrogens with one attached hydrogen (secondary N) is 1. The molecule has 2 amide bonds. The Bertz CT molecular complexity index is 854. The van der Waals surface area contributed by atoms with Gasteiger partial charge in [0.15, 0.2) is 6.61 Å². The van der Waals surface area contributed by atoms with Crippen LogP contribution in [0.1, 0.15) is 18.1 Å². The summed E-state index contributed by atoms with van der Waals surface area (Å²) in [5, 5.41) is 2.24. The number of anilines is 1. The molecule has 2 aromatic rings. The fourth-order valence-corrected chi connectivity index (χ4v) is 4.27. The van der Waals surface area contributed by atoms with Crippen molar-refractivity contribution >= 4 is 35.2 Å². The fourth-order valence-electron chi connectivity index (χ4n) is 2.85.